The van der Waals surface area contributed by atoms with Gasteiger partial charge in [0.15, 0.2) is 0 Å². The first-order valence-corrected chi connectivity index (χ1v) is 9.04. The Bertz CT molecular complexity index is 682. The number of aliphatic hydroxyl groups is 1. The second kappa shape index (κ2) is 6.39. The third-order valence-electron chi connectivity index (χ3n) is 3.89. The van der Waals surface area contributed by atoms with E-state index in [1.807, 2.05) is 9.59 Å². The maximum atomic E-state index is 11.4. The number of carboxylic acid groups (broad SMARTS) is 1. The summed E-state index contributed by atoms with van der Waals surface area (Å²) in [6.07, 6.45) is 6.67. The molecule has 3 rings (SSSR count). The van der Waals surface area contributed by atoms with Crippen LogP contribution in [0.5, 0.6) is 0 Å². The number of nitrogens with zero attached hydrogens (tertiary/aromatic N) is 1. The number of carbonyl (C=O) groups is 1. The van der Waals surface area contributed by atoms with Gasteiger partial charge in [0, 0.05) is 0 Å². The number of hydrogen-bond donors (Lipinski definition) is 2. The van der Waals surface area contributed by atoms with Gasteiger partial charge in [-0.3, -0.25) is 0 Å². The molecule has 2 aromatic rings. The Balaban J connectivity index is 0.00000161. The van der Waals surface area contributed by atoms with Crippen LogP contribution in [0.3, 0.4) is 0 Å². The Morgan fingerprint density at radius 3 is 2.62 bits per heavy atom. The minimum Gasteiger partial charge on any atom is -1.00 e. The standard InChI is InChI=1S/C14H14BrNO3Se.ClH/c15-10-11-9(13(17)18)5-4-8-16(11)20-12(10)14(19)6-2-1-3-7-14;/h4-5,8,19H,1-3,6-7H2;1H. The van der Waals surface area contributed by atoms with E-state index in [1.54, 1.807) is 12.1 Å². The van der Waals surface area contributed by atoms with Gasteiger partial charge in [-0.1, -0.05) is 0 Å². The van der Waals surface area contributed by atoms with Gasteiger partial charge in [-0.2, -0.15) is 0 Å². The first kappa shape index (κ1) is 17.0. The molecule has 21 heavy (non-hydrogen) atoms. The molecule has 0 atom stereocenters. The van der Waals surface area contributed by atoms with E-state index in [-0.39, 0.29) is 32.7 Å². The summed E-state index contributed by atoms with van der Waals surface area (Å²) in [7, 11) is 0. The smallest absolute Gasteiger partial charge is 1.00 e. The van der Waals surface area contributed by atoms with Crippen molar-refractivity contribution in [2.75, 3.05) is 0 Å². The maximum Gasteiger partial charge on any atom is -1.00 e. The van der Waals surface area contributed by atoms with E-state index in [4.69, 9.17) is 0 Å². The van der Waals surface area contributed by atoms with Gasteiger partial charge in [-0.05, 0) is 0 Å². The molecule has 7 heteroatoms. The summed E-state index contributed by atoms with van der Waals surface area (Å²) in [6.45, 7) is 0. The Morgan fingerprint density at radius 2 is 2.00 bits per heavy atom. The molecule has 0 aromatic carbocycles. The molecule has 1 aliphatic carbocycles. The first-order chi connectivity index (χ1) is 9.53. The van der Waals surface area contributed by atoms with Crippen LogP contribution in [0, 0.1) is 0 Å². The molecule has 0 aliphatic heterocycles. The van der Waals surface area contributed by atoms with Gasteiger partial charge < -0.3 is 12.4 Å². The van der Waals surface area contributed by atoms with E-state index in [1.165, 1.54) is 6.42 Å². The first-order valence-electron chi connectivity index (χ1n) is 6.62. The Hall–Kier alpha value is -0.391. The van der Waals surface area contributed by atoms with Crippen molar-refractivity contribution < 1.29 is 30.8 Å². The zero-order chi connectivity index (χ0) is 14.3. The van der Waals surface area contributed by atoms with Crippen molar-refractivity contribution in [1.29, 1.82) is 0 Å². The van der Waals surface area contributed by atoms with Gasteiger partial charge >= 0.3 is 131 Å². The van der Waals surface area contributed by atoms with Crippen LogP contribution >= 0.6 is 15.9 Å². The largest absolute Gasteiger partial charge is 1.00 e. The molecule has 0 saturated heterocycles. The predicted molar refractivity (Wildman–Crippen MR) is 78.2 cm³/mol. The van der Waals surface area contributed by atoms with E-state index >= 15 is 0 Å². The molecule has 0 unspecified atom stereocenters. The fraction of sp³-hybridized carbons (Fsp3) is 0.429. The van der Waals surface area contributed by atoms with Crippen LogP contribution in [0.25, 0.3) is 5.52 Å². The van der Waals surface area contributed by atoms with Crippen molar-refractivity contribution in [2.45, 2.75) is 37.7 Å². The zero-order valence-electron chi connectivity index (χ0n) is 11.2. The van der Waals surface area contributed by atoms with Gasteiger partial charge in [0.25, 0.3) is 0 Å². The average Bonchev–Trinajstić information content (AvgIpc) is 2.78. The van der Waals surface area contributed by atoms with E-state index < -0.39 is 11.6 Å². The molecule has 2 heterocycles. The van der Waals surface area contributed by atoms with Crippen molar-refractivity contribution in [1.82, 2.24) is 0 Å². The fourth-order valence-corrected chi connectivity index (χ4v) is 6.70. The van der Waals surface area contributed by atoms with Crippen LogP contribution in [0.1, 0.15) is 46.9 Å². The normalized spacial score (nSPS) is 17.4. The molecule has 0 bridgehead atoms. The fourth-order valence-electron chi connectivity index (χ4n) is 2.85. The zero-order valence-corrected chi connectivity index (χ0v) is 15.2. The minimum atomic E-state index is -0.931. The van der Waals surface area contributed by atoms with Crippen LogP contribution in [-0.2, 0) is 5.60 Å². The number of aromatic carboxylic acids is 1. The summed E-state index contributed by atoms with van der Waals surface area (Å²) in [5.41, 5.74) is 0.212. The maximum absolute atomic E-state index is 11.4. The Kier molecular flexibility index (Phi) is 5.16. The van der Waals surface area contributed by atoms with Crippen molar-refractivity contribution in [3.05, 3.63) is 32.8 Å². The number of aromatic nitrogens is 1. The van der Waals surface area contributed by atoms with E-state index in [2.05, 4.69) is 15.9 Å². The Morgan fingerprint density at radius 1 is 1.33 bits per heavy atom. The van der Waals surface area contributed by atoms with Crippen LogP contribution in [0.4, 0.5) is 0 Å². The van der Waals surface area contributed by atoms with Crippen LogP contribution < -0.4 is 15.8 Å². The topological polar surface area (TPSA) is 61.6 Å². The molecular weight excluding hydrogens is 424 g/mol. The number of pyridine rings is 1. The van der Waals surface area contributed by atoms with Gasteiger partial charge in [0.2, 0.25) is 0 Å². The third-order valence-corrected chi connectivity index (χ3v) is 7.91. The number of carboxylic acids is 1. The molecule has 0 spiro atoms. The molecule has 1 aliphatic rings. The quantitative estimate of drug-likeness (QED) is 0.597. The van der Waals surface area contributed by atoms with Crippen molar-refractivity contribution in [3.63, 3.8) is 0 Å². The SMILES string of the molecule is O=C(O)c1ccc[n+]2[se]c(C3(O)CCCCC3)c(Br)c12.[Cl-]. The summed E-state index contributed by atoms with van der Waals surface area (Å²) in [6, 6.07) is 3.36. The Labute approximate surface area is 143 Å². The van der Waals surface area contributed by atoms with Crippen LogP contribution in [0.15, 0.2) is 22.8 Å². The minimum absolute atomic E-state index is 0. The summed E-state index contributed by atoms with van der Waals surface area (Å²) < 4.78 is 3.72. The second-order valence-electron chi connectivity index (χ2n) is 5.23. The van der Waals surface area contributed by atoms with Gasteiger partial charge in [-0.25, -0.2) is 0 Å². The molecule has 2 N–H and O–H groups in total. The molecule has 1 saturated carbocycles. The molecule has 0 radical (unpaired) electrons. The number of rotatable bonds is 2. The van der Waals surface area contributed by atoms with Crippen molar-refractivity contribution >= 4 is 42.1 Å². The van der Waals surface area contributed by atoms with E-state index in [0.717, 1.165) is 34.6 Å². The molecular formula is C14H15BrClNO3Se. The molecule has 114 valence electrons. The number of fused-ring (bicyclic) bond motifs is 1. The predicted octanol–water partition coefficient (Wildman–Crippen LogP) is -0.901. The van der Waals surface area contributed by atoms with Crippen molar-refractivity contribution in [2.24, 2.45) is 0 Å². The van der Waals surface area contributed by atoms with Crippen LogP contribution in [0.2, 0.25) is 0 Å². The van der Waals surface area contributed by atoms with E-state index in [9.17, 15) is 15.0 Å². The van der Waals surface area contributed by atoms with Gasteiger partial charge in [0.05, 0.1) is 0 Å². The molecule has 1 fully saturated rings. The number of hydrogen-bond acceptors (Lipinski definition) is 2. The van der Waals surface area contributed by atoms with Crippen LogP contribution in [-0.4, -0.2) is 30.9 Å². The van der Waals surface area contributed by atoms with Crippen molar-refractivity contribution in [3.8, 4) is 0 Å². The van der Waals surface area contributed by atoms with Gasteiger partial charge in [0.1, 0.15) is 0 Å². The molecule has 2 aromatic heterocycles. The monoisotopic (exact) mass is 439 g/mol. The van der Waals surface area contributed by atoms with E-state index in [0.29, 0.717) is 5.52 Å². The second-order valence-corrected chi connectivity index (χ2v) is 8.09. The number of halogens is 2. The third kappa shape index (κ3) is 2.92. The summed E-state index contributed by atoms with van der Waals surface area (Å²) >= 11 is 3.47. The average molecular weight is 440 g/mol. The molecule has 0 amide bonds. The summed E-state index contributed by atoms with van der Waals surface area (Å²) in [4.78, 5) is 11.4. The molecule has 4 nitrogen and oxygen atoms in total. The van der Waals surface area contributed by atoms with Gasteiger partial charge in [-0.15, -0.1) is 0 Å². The summed E-state index contributed by atoms with van der Waals surface area (Å²) in [5, 5.41) is 20.2. The summed E-state index contributed by atoms with van der Waals surface area (Å²) in [5.74, 6) is -0.931.